The van der Waals surface area contributed by atoms with E-state index in [9.17, 15) is 14.4 Å². The van der Waals surface area contributed by atoms with Gasteiger partial charge in [-0.3, -0.25) is 4.79 Å². The second-order valence-electron chi connectivity index (χ2n) is 4.66. The molecule has 0 amide bonds. The lowest BCUT2D eigenvalue weighted by Crippen LogP contribution is -2.13. The third kappa shape index (κ3) is 3.68. The zero-order valence-corrected chi connectivity index (χ0v) is 12.0. The maximum Gasteiger partial charge on any atom is 0.154 e. The van der Waals surface area contributed by atoms with E-state index >= 15 is 0 Å². The van der Waals surface area contributed by atoms with Crippen molar-refractivity contribution in [1.29, 1.82) is 5.26 Å². The molecule has 0 aromatic heterocycles. The van der Waals surface area contributed by atoms with Crippen molar-refractivity contribution in [2.24, 2.45) is 0 Å². The van der Waals surface area contributed by atoms with Crippen LogP contribution in [0.5, 0.6) is 0 Å². The minimum atomic E-state index is -1.12. The van der Waals surface area contributed by atoms with Gasteiger partial charge in [0.25, 0.3) is 0 Å². The molecule has 0 fully saturated rings. The van der Waals surface area contributed by atoms with Crippen molar-refractivity contribution in [1.82, 2.24) is 0 Å². The number of carbonyl (C=O) groups excluding carboxylic acids is 1. The quantitative estimate of drug-likeness (QED) is 0.826. The molecule has 0 aliphatic heterocycles. The lowest BCUT2D eigenvalue weighted by molar-refractivity contribution is -0.119. The van der Waals surface area contributed by atoms with Gasteiger partial charge in [-0.05, 0) is 18.1 Å². The number of ketones is 1. The van der Waals surface area contributed by atoms with Gasteiger partial charge in [0.1, 0.15) is 11.7 Å². The van der Waals surface area contributed by atoms with Gasteiger partial charge in [-0.2, -0.15) is 5.26 Å². The number of aryl methyl sites for hydroxylation is 1. The number of benzene rings is 2. The van der Waals surface area contributed by atoms with Crippen LogP contribution in [0, 0.1) is 17.1 Å². The Labute approximate surface area is 127 Å². The summed E-state index contributed by atoms with van der Waals surface area (Å²) in [6.45, 7) is 0. The summed E-state index contributed by atoms with van der Waals surface area (Å²) < 4.78 is 13.9. The molecule has 2 aromatic rings. The molecule has 1 unspecified atom stereocenters. The first-order chi connectivity index (χ1) is 10.1. The Bertz CT molecular complexity index is 679. The Balaban J connectivity index is 2.13. The average molecular weight is 302 g/mol. The van der Waals surface area contributed by atoms with E-state index in [0.29, 0.717) is 6.42 Å². The van der Waals surface area contributed by atoms with Crippen molar-refractivity contribution >= 4 is 17.4 Å². The molecule has 0 saturated heterocycles. The molecule has 2 nitrogen and oxygen atoms in total. The number of halogens is 2. The molecular formula is C17H13ClFNO. The Morgan fingerprint density at radius 2 is 1.90 bits per heavy atom. The third-order valence-electron chi connectivity index (χ3n) is 3.25. The molecule has 4 heteroatoms. The van der Waals surface area contributed by atoms with Crippen molar-refractivity contribution in [3.8, 4) is 6.07 Å². The predicted molar refractivity (Wildman–Crippen MR) is 79.5 cm³/mol. The second-order valence-corrected chi connectivity index (χ2v) is 5.06. The summed E-state index contributed by atoms with van der Waals surface area (Å²) in [5.41, 5.74) is 1.05. The fourth-order valence-electron chi connectivity index (χ4n) is 2.11. The minimum absolute atomic E-state index is 0.0445. The molecule has 106 valence electrons. The Morgan fingerprint density at radius 1 is 1.19 bits per heavy atom. The summed E-state index contributed by atoms with van der Waals surface area (Å²) in [6.07, 6.45) is 0.716. The second kappa shape index (κ2) is 7.01. The summed E-state index contributed by atoms with van der Waals surface area (Å²) in [5.74, 6) is -2.12. The number of carbonyl (C=O) groups is 1. The summed E-state index contributed by atoms with van der Waals surface area (Å²) >= 11 is 5.70. The van der Waals surface area contributed by atoms with Gasteiger partial charge in [-0.25, -0.2) is 4.39 Å². The van der Waals surface area contributed by atoms with Gasteiger partial charge < -0.3 is 0 Å². The number of Topliss-reactive ketones (excluding diaryl/α,β-unsaturated/α-hetero) is 1. The standard InChI is InChI=1S/C17H13ClFNO/c18-15-8-4-7-13(17(15)19)14(11-20)16(21)10-9-12-5-2-1-3-6-12/h1-8,14H,9-10H2. The van der Waals surface area contributed by atoms with E-state index in [1.165, 1.54) is 18.2 Å². The van der Waals surface area contributed by atoms with Crippen LogP contribution in [0.4, 0.5) is 4.39 Å². The first-order valence-corrected chi connectivity index (χ1v) is 6.91. The number of nitrogens with zero attached hydrogens (tertiary/aromatic N) is 1. The van der Waals surface area contributed by atoms with Gasteiger partial charge >= 0.3 is 0 Å². The highest BCUT2D eigenvalue weighted by Gasteiger charge is 2.24. The molecule has 21 heavy (non-hydrogen) atoms. The van der Waals surface area contributed by atoms with E-state index in [4.69, 9.17) is 11.6 Å². The maximum atomic E-state index is 13.9. The first-order valence-electron chi connectivity index (χ1n) is 6.53. The Hall–Kier alpha value is -2.18. The summed E-state index contributed by atoms with van der Waals surface area (Å²) in [5, 5.41) is 9.10. The number of rotatable bonds is 5. The van der Waals surface area contributed by atoms with Crippen LogP contribution in [0.15, 0.2) is 48.5 Å². The molecule has 0 radical (unpaired) electrons. The zero-order chi connectivity index (χ0) is 15.2. The summed E-state index contributed by atoms with van der Waals surface area (Å²) in [4.78, 5) is 12.2. The van der Waals surface area contributed by atoms with Crippen LogP contribution in [0.2, 0.25) is 5.02 Å². The van der Waals surface area contributed by atoms with Crippen molar-refractivity contribution in [3.05, 3.63) is 70.5 Å². The highest BCUT2D eigenvalue weighted by molar-refractivity contribution is 6.30. The van der Waals surface area contributed by atoms with E-state index in [1.807, 2.05) is 36.4 Å². The van der Waals surface area contributed by atoms with Crippen LogP contribution in [0.1, 0.15) is 23.5 Å². The van der Waals surface area contributed by atoms with E-state index in [-0.39, 0.29) is 22.8 Å². The van der Waals surface area contributed by atoms with Crippen molar-refractivity contribution in [2.75, 3.05) is 0 Å². The molecule has 2 aromatic carbocycles. The molecule has 0 spiro atoms. The molecular weight excluding hydrogens is 289 g/mol. The molecule has 0 aliphatic rings. The molecule has 0 aliphatic carbocycles. The van der Waals surface area contributed by atoms with Gasteiger partial charge in [0.05, 0.1) is 11.1 Å². The largest absolute Gasteiger partial charge is 0.298 e. The highest BCUT2D eigenvalue weighted by Crippen LogP contribution is 2.26. The average Bonchev–Trinajstić information content (AvgIpc) is 2.51. The highest BCUT2D eigenvalue weighted by atomic mass is 35.5. The minimum Gasteiger partial charge on any atom is -0.298 e. The topological polar surface area (TPSA) is 40.9 Å². The van der Waals surface area contributed by atoms with Gasteiger partial charge in [-0.15, -0.1) is 0 Å². The van der Waals surface area contributed by atoms with Crippen molar-refractivity contribution in [2.45, 2.75) is 18.8 Å². The Kier molecular flexibility index (Phi) is 5.08. The van der Waals surface area contributed by atoms with E-state index in [2.05, 4.69) is 0 Å². The van der Waals surface area contributed by atoms with Gasteiger partial charge in [0, 0.05) is 12.0 Å². The lowest BCUT2D eigenvalue weighted by Gasteiger charge is -2.10. The van der Waals surface area contributed by atoms with Crippen LogP contribution in [-0.2, 0) is 11.2 Å². The maximum absolute atomic E-state index is 13.9. The van der Waals surface area contributed by atoms with Crippen LogP contribution < -0.4 is 0 Å². The zero-order valence-electron chi connectivity index (χ0n) is 11.2. The van der Waals surface area contributed by atoms with Crippen molar-refractivity contribution < 1.29 is 9.18 Å². The fraction of sp³-hybridized carbons (Fsp3) is 0.176. The fourth-order valence-corrected chi connectivity index (χ4v) is 2.30. The summed E-state index contributed by atoms with van der Waals surface area (Å²) in [7, 11) is 0. The molecule has 0 saturated carbocycles. The molecule has 2 rings (SSSR count). The molecule has 0 bridgehead atoms. The van der Waals surface area contributed by atoms with E-state index < -0.39 is 11.7 Å². The number of hydrogen-bond donors (Lipinski definition) is 0. The monoisotopic (exact) mass is 301 g/mol. The number of hydrogen-bond acceptors (Lipinski definition) is 2. The smallest absolute Gasteiger partial charge is 0.154 e. The molecule has 0 N–H and O–H groups in total. The van der Waals surface area contributed by atoms with E-state index in [1.54, 1.807) is 0 Å². The van der Waals surface area contributed by atoms with Crippen LogP contribution in [0.25, 0.3) is 0 Å². The first kappa shape index (κ1) is 15.2. The van der Waals surface area contributed by atoms with Crippen LogP contribution in [-0.4, -0.2) is 5.78 Å². The number of nitriles is 1. The summed E-state index contributed by atoms with van der Waals surface area (Å²) in [6, 6.07) is 15.7. The molecule has 0 heterocycles. The predicted octanol–water partition coefficient (Wildman–Crippen LogP) is 4.29. The Morgan fingerprint density at radius 3 is 2.57 bits per heavy atom. The SMILES string of the molecule is N#CC(C(=O)CCc1ccccc1)c1cccc(Cl)c1F. The van der Waals surface area contributed by atoms with Gasteiger partial charge in [0.2, 0.25) is 0 Å². The third-order valence-corrected chi connectivity index (χ3v) is 3.54. The van der Waals surface area contributed by atoms with E-state index in [0.717, 1.165) is 5.56 Å². The normalized spacial score (nSPS) is 11.7. The lowest BCUT2D eigenvalue weighted by atomic mass is 9.92. The van der Waals surface area contributed by atoms with Gasteiger partial charge in [-0.1, -0.05) is 54.1 Å². The molecule has 1 atom stereocenters. The van der Waals surface area contributed by atoms with Crippen molar-refractivity contribution in [3.63, 3.8) is 0 Å². The van der Waals surface area contributed by atoms with Crippen LogP contribution in [0.3, 0.4) is 0 Å². The van der Waals surface area contributed by atoms with Crippen LogP contribution >= 0.6 is 11.6 Å². The van der Waals surface area contributed by atoms with Gasteiger partial charge in [0.15, 0.2) is 5.78 Å².